The Morgan fingerprint density at radius 3 is 2.43 bits per heavy atom. The monoisotopic (exact) mass is 318 g/mol. The molecule has 0 aromatic rings. The van der Waals surface area contributed by atoms with Crippen LogP contribution in [0.5, 0.6) is 0 Å². The van der Waals surface area contributed by atoms with E-state index < -0.39 is 12.1 Å². The maximum atomic E-state index is 11.8. The molecule has 3 saturated carbocycles. The van der Waals surface area contributed by atoms with Gasteiger partial charge in [0.15, 0.2) is 0 Å². The molecule has 0 heterocycles. The number of aliphatic hydroxyl groups is 1. The van der Waals surface area contributed by atoms with Gasteiger partial charge in [0.25, 0.3) is 0 Å². The van der Waals surface area contributed by atoms with E-state index in [-0.39, 0.29) is 10.8 Å². The predicted molar refractivity (Wildman–Crippen MR) is 88.9 cm³/mol. The Kier molecular flexibility index (Phi) is 3.46. The lowest BCUT2D eigenvalue weighted by molar-refractivity contribution is -0.133. The van der Waals surface area contributed by atoms with Crippen molar-refractivity contribution >= 4 is 5.97 Å². The predicted octanol–water partition coefficient (Wildman–Crippen LogP) is 4.16. The number of rotatable bonds is 2. The summed E-state index contributed by atoms with van der Waals surface area (Å²) in [5, 5.41) is 20.3. The molecule has 2 N–H and O–H groups in total. The second-order valence-electron chi connectivity index (χ2n) is 8.89. The molecule has 0 aliphatic heterocycles. The molecule has 3 fully saturated rings. The first-order valence-corrected chi connectivity index (χ1v) is 9.57. The zero-order chi connectivity index (χ0) is 16.4. The average Bonchev–Trinajstić information content (AvgIpc) is 2.89. The van der Waals surface area contributed by atoms with Crippen molar-refractivity contribution in [1.82, 2.24) is 0 Å². The molecule has 0 amide bonds. The van der Waals surface area contributed by atoms with E-state index in [1.165, 1.54) is 44.9 Å². The summed E-state index contributed by atoms with van der Waals surface area (Å²) in [4.78, 5) is 11.8. The smallest absolute Gasteiger partial charge is 0.334 e. The van der Waals surface area contributed by atoms with E-state index in [9.17, 15) is 15.0 Å². The molecular formula is C20H30O3. The largest absolute Gasteiger partial charge is 0.478 e. The van der Waals surface area contributed by atoms with Crippen LogP contribution in [-0.4, -0.2) is 22.3 Å². The topological polar surface area (TPSA) is 57.5 Å². The van der Waals surface area contributed by atoms with Crippen LogP contribution in [0.15, 0.2) is 11.1 Å². The fourth-order valence-electron chi connectivity index (χ4n) is 7.43. The number of aliphatic hydroxyl groups excluding tert-OH is 1. The average molecular weight is 318 g/mol. The van der Waals surface area contributed by atoms with Crippen LogP contribution >= 0.6 is 0 Å². The summed E-state index contributed by atoms with van der Waals surface area (Å²) in [7, 11) is 0. The molecule has 2 bridgehead atoms. The maximum Gasteiger partial charge on any atom is 0.334 e. The maximum absolute atomic E-state index is 11.8. The van der Waals surface area contributed by atoms with Crippen LogP contribution < -0.4 is 0 Å². The third-order valence-corrected chi connectivity index (χ3v) is 8.45. The highest BCUT2D eigenvalue weighted by atomic mass is 16.4. The number of hydrogen-bond acceptors (Lipinski definition) is 2. The standard InChI is InChI=1S/C20H30O3/c1-12-8-9-14-10-15-17(18(22)23)16(21)11-20(12,15)19(14,2)13-6-4-3-5-7-13/h12-14,16,21H,3-11H2,1-2H3,(H,22,23)/t12-,14-,16+,19-,20+/m1/s1. The van der Waals surface area contributed by atoms with Gasteiger partial charge in [0.05, 0.1) is 11.7 Å². The van der Waals surface area contributed by atoms with Gasteiger partial charge in [-0.15, -0.1) is 0 Å². The molecular weight excluding hydrogens is 288 g/mol. The highest BCUT2D eigenvalue weighted by molar-refractivity contribution is 5.90. The minimum absolute atomic E-state index is 0.0505. The van der Waals surface area contributed by atoms with Gasteiger partial charge in [0.2, 0.25) is 0 Å². The number of carbonyl (C=O) groups is 1. The third-order valence-electron chi connectivity index (χ3n) is 8.45. The van der Waals surface area contributed by atoms with E-state index in [2.05, 4.69) is 13.8 Å². The summed E-state index contributed by atoms with van der Waals surface area (Å²) in [5.41, 5.74) is 1.65. The summed E-state index contributed by atoms with van der Waals surface area (Å²) in [6.45, 7) is 4.79. The van der Waals surface area contributed by atoms with Gasteiger partial charge in [0.1, 0.15) is 0 Å². The first-order chi connectivity index (χ1) is 10.9. The first kappa shape index (κ1) is 15.7. The van der Waals surface area contributed by atoms with Crippen molar-refractivity contribution in [2.75, 3.05) is 0 Å². The highest BCUT2D eigenvalue weighted by Crippen LogP contribution is 2.75. The Morgan fingerprint density at radius 2 is 1.78 bits per heavy atom. The minimum atomic E-state index is -0.880. The van der Waals surface area contributed by atoms with Crippen molar-refractivity contribution in [2.24, 2.45) is 28.6 Å². The van der Waals surface area contributed by atoms with E-state index >= 15 is 0 Å². The second-order valence-corrected chi connectivity index (χ2v) is 8.89. The zero-order valence-corrected chi connectivity index (χ0v) is 14.5. The summed E-state index contributed by atoms with van der Waals surface area (Å²) >= 11 is 0. The van der Waals surface area contributed by atoms with Gasteiger partial charge in [-0.05, 0) is 67.3 Å². The van der Waals surface area contributed by atoms with Crippen LogP contribution in [-0.2, 0) is 4.79 Å². The van der Waals surface area contributed by atoms with Gasteiger partial charge >= 0.3 is 5.97 Å². The van der Waals surface area contributed by atoms with E-state index in [0.717, 1.165) is 12.0 Å². The van der Waals surface area contributed by atoms with Crippen LogP contribution in [0.4, 0.5) is 0 Å². The fourth-order valence-corrected chi connectivity index (χ4v) is 7.43. The molecule has 0 aromatic heterocycles. The van der Waals surface area contributed by atoms with Gasteiger partial charge in [0, 0.05) is 5.41 Å². The lowest BCUT2D eigenvalue weighted by Gasteiger charge is -2.58. The molecule has 128 valence electrons. The molecule has 5 atom stereocenters. The molecule has 23 heavy (non-hydrogen) atoms. The second kappa shape index (κ2) is 5.08. The summed E-state index contributed by atoms with van der Waals surface area (Å²) < 4.78 is 0. The molecule has 3 nitrogen and oxygen atoms in total. The van der Waals surface area contributed by atoms with Crippen molar-refractivity contribution in [2.45, 2.75) is 77.7 Å². The Hall–Kier alpha value is -0.830. The first-order valence-electron chi connectivity index (χ1n) is 9.57. The van der Waals surface area contributed by atoms with Crippen molar-refractivity contribution in [3.8, 4) is 0 Å². The van der Waals surface area contributed by atoms with Crippen molar-refractivity contribution in [3.63, 3.8) is 0 Å². The zero-order valence-electron chi connectivity index (χ0n) is 14.5. The van der Waals surface area contributed by atoms with Crippen LogP contribution in [0.1, 0.15) is 71.6 Å². The van der Waals surface area contributed by atoms with Crippen molar-refractivity contribution in [1.29, 1.82) is 0 Å². The van der Waals surface area contributed by atoms with E-state index in [4.69, 9.17) is 0 Å². The van der Waals surface area contributed by atoms with Crippen LogP contribution in [0.3, 0.4) is 0 Å². The quantitative estimate of drug-likeness (QED) is 0.804. The Morgan fingerprint density at radius 1 is 1.09 bits per heavy atom. The summed E-state index contributed by atoms with van der Waals surface area (Å²) in [6, 6.07) is 0. The molecule has 0 radical (unpaired) electrons. The Labute approximate surface area is 139 Å². The number of fused-ring (bicyclic) bond motifs is 1. The minimum Gasteiger partial charge on any atom is -0.478 e. The third kappa shape index (κ3) is 1.78. The normalized spacial score (nSPS) is 47.0. The van der Waals surface area contributed by atoms with E-state index in [1.807, 2.05) is 0 Å². The van der Waals surface area contributed by atoms with Crippen LogP contribution in [0.25, 0.3) is 0 Å². The molecule has 0 unspecified atom stereocenters. The Balaban J connectivity index is 1.87. The van der Waals surface area contributed by atoms with E-state index in [1.54, 1.807) is 0 Å². The van der Waals surface area contributed by atoms with Gasteiger partial charge < -0.3 is 10.2 Å². The molecule has 1 spiro atoms. The molecule has 0 saturated heterocycles. The van der Waals surface area contributed by atoms with Crippen molar-refractivity contribution < 1.29 is 15.0 Å². The summed E-state index contributed by atoms with van der Waals surface area (Å²) in [5.74, 6) is 0.949. The molecule has 4 aliphatic rings. The summed E-state index contributed by atoms with van der Waals surface area (Å²) in [6.07, 6.45) is 9.86. The highest BCUT2D eigenvalue weighted by Gasteiger charge is 2.69. The number of hydrogen-bond donors (Lipinski definition) is 2. The van der Waals surface area contributed by atoms with Gasteiger partial charge in [-0.25, -0.2) is 4.79 Å². The lowest BCUT2D eigenvalue weighted by Crippen LogP contribution is -2.52. The van der Waals surface area contributed by atoms with Gasteiger partial charge in [-0.3, -0.25) is 0 Å². The van der Waals surface area contributed by atoms with Crippen molar-refractivity contribution in [3.05, 3.63) is 11.1 Å². The van der Waals surface area contributed by atoms with Gasteiger partial charge in [-0.2, -0.15) is 0 Å². The van der Waals surface area contributed by atoms with Gasteiger partial charge in [-0.1, -0.05) is 33.1 Å². The molecule has 4 aliphatic carbocycles. The molecule has 4 rings (SSSR count). The lowest BCUT2D eigenvalue weighted by atomic mass is 9.46. The van der Waals surface area contributed by atoms with E-state index in [0.29, 0.717) is 29.7 Å². The Bertz CT molecular complexity index is 559. The number of carboxylic acid groups (broad SMARTS) is 1. The SMILES string of the molecule is C[C@@H]1CC[C@@H]2CC3=C(C(=O)O)[C@@H](O)C[C@@]31[C@]2(C)C1CCCCC1. The van der Waals surface area contributed by atoms with Crippen LogP contribution in [0, 0.1) is 28.6 Å². The number of aliphatic carboxylic acids is 1. The number of carboxylic acids is 1. The molecule has 0 aromatic carbocycles. The van der Waals surface area contributed by atoms with Crippen LogP contribution in [0.2, 0.25) is 0 Å². The molecule has 3 heteroatoms. The fraction of sp³-hybridized carbons (Fsp3) is 0.850. The number of allylic oxidation sites excluding steroid dienone is 1.